The summed E-state index contributed by atoms with van der Waals surface area (Å²) in [5.41, 5.74) is 4.78. The van der Waals surface area contributed by atoms with Gasteiger partial charge in [-0.15, -0.1) is 0 Å². The number of benzene rings is 3. The Hall–Kier alpha value is -2.69. The fourth-order valence-corrected chi connectivity index (χ4v) is 3.98. The van der Waals surface area contributed by atoms with E-state index in [4.69, 9.17) is 21.3 Å². The van der Waals surface area contributed by atoms with Crippen molar-refractivity contribution < 1.29 is 9.53 Å². The lowest BCUT2D eigenvalue weighted by Crippen LogP contribution is -2.12. The highest BCUT2D eigenvalue weighted by Crippen LogP contribution is 2.31. The molecule has 0 N–H and O–H groups in total. The zero-order chi connectivity index (χ0) is 22.1. The molecule has 4 rings (SSSR count). The summed E-state index contributed by atoms with van der Waals surface area (Å²) in [7, 11) is 0. The van der Waals surface area contributed by atoms with E-state index in [0.29, 0.717) is 22.0 Å². The average Bonchev–Trinajstić information content (AvgIpc) is 2.73. The van der Waals surface area contributed by atoms with Crippen molar-refractivity contribution in [3.05, 3.63) is 92.9 Å². The van der Waals surface area contributed by atoms with E-state index >= 15 is 0 Å². The summed E-state index contributed by atoms with van der Waals surface area (Å²) >= 11 is 9.54. The van der Waals surface area contributed by atoms with Crippen molar-refractivity contribution in [3.63, 3.8) is 0 Å². The molecule has 3 nitrogen and oxygen atoms in total. The molecular weight excluding hydrogens is 474 g/mol. The SMILES string of the molecule is Cc1ccc(C(C)C)c(OC(=O)c2cc(-c3ccc(Cl)cc3)nc3ccc(Br)cc23)c1. The van der Waals surface area contributed by atoms with Crippen LogP contribution in [0.25, 0.3) is 22.2 Å². The molecule has 0 aliphatic rings. The summed E-state index contributed by atoms with van der Waals surface area (Å²) in [5.74, 6) is 0.414. The molecular formula is C26H21BrClNO2. The Kier molecular flexibility index (Phi) is 6.12. The van der Waals surface area contributed by atoms with Gasteiger partial charge in [0.2, 0.25) is 0 Å². The molecule has 1 aromatic heterocycles. The van der Waals surface area contributed by atoms with Crippen LogP contribution in [0.3, 0.4) is 0 Å². The van der Waals surface area contributed by atoms with E-state index in [0.717, 1.165) is 32.1 Å². The molecule has 0 spiro atoms. The second kappa shape index (κ2) is 8.81. The van der Waals surface area contributed by atoms with Gasteiger partial charge in [0.25, 0.3) is 0 Å². The number of pyridine rings is 1. The molecule has 0 aliphatic heterocycles. The van der Waals surface area contributed by atoms with Crippen LogP contribution in [0.15, 0.2) is 71.2 Å². The standard InChI is InChI=1S/C26H21BrClNO2/c1-15(2)20-10-4-16(3)12-25(20)31-26(30)22-14-24(17-5-8-19(28)9-6-17)29-23-11-7-18(27)13-21(22)23/h4-15H,1-3H3. The lowest BCUT2D eigenvalue weighted by molar-refractivity contribution is 0.0735. The molecule has 0 atom stereocenters. The number of halogens is 2. The smallest absolute Gasteiger partial charge is 0.344 e. The number of esters is 1. The zero-order valence-electron chi connectivity index (χ0n) is 17.4. The number of aryl methyl sites for hydroxylation is 1. The zero-order valence-corrected chi connectivity index (χ0v) is 19.8. The van der Waals surface area contributed by atoms with Gasteiger partial charge in [0.15, 0.2) is 0 Å². The summed E-state index contributed by atoms with van der Waals surface area (Å²) in [6, 6.07) is 20.8. The first-order chi connectivity index (χ1) is 14.8. The third kappa shape index (κ3) is 4.65. The monoisotopic (exact) mass is 493 g/mol. The fraction of sp³-hybridized carbons (Fsp3) is 0.154. The van der Waals surface area contributed by atoms with Crippen LogP contribution in [0.2, 0.25) is 5.02 Å². The van der Waals surface area contributed by atoms with Crippen LogP contribution in [0.5, 0.6) is 5.75 Å². The number of rotatable bonds is 4. The molecule has 0 aliphatic carbocycles. The maximum atomic E-state index is 13.4. The van der Waals surface area contributed by atoms with E-state index in [-0.39, 0.29) is 5.92 Å². The van der Waals surface area contributed by atoms with Gasteiger partial charge in [0, 0.05) is 20.4 Å². The molecule has 1 heterocycles. The minimum atomic E-state index is -0.409. The minimum absolute atomic E-state index is 0.233. The largest absolute Gasteiger partial charge is 0.423 e. The molecule has 3 aromatic carbocycles. The maximum Gasteiger partial charge on any atom is 0.344 e. The maximum absolute atomic E-state index is 13.4. The van der Waals surface area contributed by atoms with Gasteiger partial charge in [-0.05, 0) is 66.4 Å². The average molecular weight is 495 g/mol. The number of nitrogens with zero attached hydrogens (tertiary/aromatic N) is 1. The number of hydrogen-bond donors (Lipinski definition) is 0. The second-order valence-corrected chi connectivity index (χ2v) is 9.16. The highest BCUT2D eigenvalue weighted by Gasteiger charge is 2.19. The van der Waals surface area contributed by atoms with E-state index in [9.17, 15) is 4.79 Å². The second-order valence-electron chi connectivity index (χ2n) is 7.81. The van der Waals surface area contributed by atoms with Gasteiger partial charge in [-0.3, -0.25) is 0 Å². The normalized spacial score (nSPS) is 11.2. The Bertz CT molecular complexity index is 1280. The van der Waals surface area contributed by atoms with Crippen molar-refractivity contribution in [3.8, 4) is 17.0 Å². The van der Waals surface area contributed by atoms with Crippen molar-refractivity contribution in [1.29, 1.82) is 0 Å². The number of fused-ring (bicyclic) bond motifs is 1. The van der Waals surface area contributed by atoms with E-state index in [2.05, 4.69) is 29.8 Å². The molecule has 4 aromatic rings. The van der Waals surface area contributed by atoms with Gasteiger partial charge in [-0.1, -0.05) is 65.6 Å². The molecule has 0 radical (unpaired) electrons. The fourth-order valence-electron chi connectivity index (χ4n) is 3.50. The molecule has 156 valence electrons. The van der Waals surface area contributed by atoms with Gasteiger partial charge in [0.1, 0.15) is 5.75 Å². The first-order valence-electron chi connectivity index (χ1n) is 10.0. The van der Waals surface area contributed by atoms with Crippen LogP contribution in [0.1, 0.15) is 41.3 Å². The lowest BCUT2D eigenvalue weighted by Gasteiger charge is -2.15. The van der Waals surface area contributed by atoms with Gasteiger partial charge in [-0.25, -0.2) is 9.78 Å². The quantitative estimate of drug-likeness (QED) is 0.213. The highest BCUT2D eigenvalue weighted by molar-refractivity contribution is 9.10. The Morgan fingerprint density at radius 1 is 1.00 bits per heavy atom. The molecule has 0 fully saturated rings. The van der Waals surface area contributed by atoms with Crippen molar-refractivity contribution >= 4 is 44.4 Å². The van der Waals surface area contributed by atoms with E-state index in [1.54, 1.807) is 6.07 Å². The minimum Gasteiger partial charge on any atom is -0.423 e. The summed E-state index contributed by atoms with van der Waals surface area (Å²) < 4.78 is 6.80. The van der Waals surface area contributed by atoms with Crippen LogP contribution < -0.4 is 4.74 Å². The van der Waals surface area contributed by atoms with Crippen LogP contribution in [0, 0.1) is 6.92 Å². The summed E-state index contributed by atoms with van der Waals surface area (Å²) in [4.78, 5) is 18.1. The van der Waals surface area contributed by atoms with Gasteiger partial charge >= 0.3 is 5.97 Å². The van der Waals surface area contributed by atoms with E-state index in [1.165, 1.54) is 0 Å². The first-order valence-corrected chi connectivity index (χ1v) is 11.2. The third-order valence-corrected chi connectivity index (χ3v) is 5.87. The van der Waals surface area contributed by atoms with Gasteiger partial charge in [0.05, 0.1) is 16.8 Å². The van der Waals surface area contributed by atoms with Gasteiger partial charge in [-0.2, -0.15) is 0 Å². The number of aromatic nitrogens is 1. The first kappa shape index (κ1) is 21.5. The predicted octanol–water partition coefficient (Wildman–Crippen LogP) is 7.97. The lowest BCUT2D eigenvalue weighted by atomic mass is 10.0. The van der Waals surface area contributed by atoms with Gasteiger partial charge < -0.3 is 4.74 Å². The number of ether oxygens (including phenoxy) is 1. The molecule has 0 bridgehead atoms. The third-order valence-electron chi connectivity index (χ3n) is 5.12. The number of carbonyl (C=O) groups is 1. The van der Waals surface area contributed by atoms with E-state index < -0.39 is 5.97 Å². The van der Waals surface area contributed by atoms with Crippen LogP contribution in [-0.2, 0) is 0 Å². The topological polar surface area (TPSA) is 39.2 Å². The van der Waals surface area contributed by atoms with Crippen LogP contribution in [0.4, 0.5) is 0 Å². The molecule has 31 heavy (non-hydrogen) atoms. The molecule has 0 unspecified atom stereocenters. The van der Waals surface area contributed by atoms with Crippen LogP contribution in [-0.4, -0.2) is 11.0 Å². The Labute approximate surface area is 195 Å². The van der Waals surface area contributed by atoms with Crippen molar-refractivity contribution in [1.82, 2.24) is 4.98 Å². The summed E-state index contributed by atoms with van der Waals surface area (Å²) in [6.45, 7) is 6.15. The number of carbonyl (C=O) groups excluding carboxylic acids is 1. The number of hydrogen-bond acceptors (Lipinski definition) is 3. The predicted molar refractivity (Wildman–Crippen MR) is 130 cm³/mol. The highest BCUT2D eigenvalue weighted by atomic mass is 79.9. The Balaban J connectivity index is 1.84. The van der Waals surface area contributed by atoms with Crippen molar-refractivity contribution in [2.45, 2.75) is 26.7 Å². The Morgan fingerprint density at radius 3 is 2.45 bits per heavy atom. The van der Waals surface area contributed by atoms with Crippen molar-refractivity contribution in [2.75, 3.05) is 0 Å². The van der Waals surface area contributed by atoms with Crippen LogP contribution >= 0.6 is 27.5 Å². The molecule has 0 amide bonds. The molecule has 0 saturated carbocycles. The van der Waals surface area contributed by atoms with E-state index in [1.807, 2.05) is 67.6 Å². The molecule has 0 saturated heterocycles. The van der Waals surface area contributed by atoms with Crippen molar-refractivity contribution in [2.24, 2.45) is 0 Å². The summed E-state index contributed by atoms with van der Waals surface area (Å²) in [6.07, 6.45) is 0. The Morgan fingerprint density at radius 2 is 1.74 bits per heavy atom. The molecule has 5 heteroatoms. The summed E-state index contributed by atoms with van der Waals surface area (Å²) in [5, 5.41) is 1.38.